The highest BCUT2D eigenvalue weighted by Crippen LogP contribution is 2.03. The van der Waals surface area contributed by atoms with E-state index in [1.807, 2.05) is 45.0 Å². The van der Waals surface area contributed by atoms with Gasteiger partial charge >= 0.3 is 0 Å². The highest BCUT2D eigenvalue weighted by atomic mass is 19.1. The van der Waals surface area contributed by atoms with Gasteiger partial charge < -0.3 is 4.90 Å². The predicted molar refractivity (Wildman–Crippen MR) is 100 cm³/mol. The summed E-state index contributed by atoms with van der Waals surface area (Å²) >= 11 is 0. The first-order valence-corrected chi connectivity index (χ1v) is 8.31. The average molecular weight is 310 g/mol. The first-order valence-electron chi connectivity index (χ1n) is 8.31. The van der Waals surface area contributed by atoms with Gasteiger partial charge in [-0.15, -0.1) is 6.42 Å². The van der Waals surface area contributed by atoms with Crippen molar-refractivity contribution in [2.24, 2.45) is 0 Å². The molecule has 0 bridgehead atoms. The quantitative estimate of drug-likeness (QED) is 0.629. The van der Waals surface area contributed by atoms with Gasteiger partial charge in [0.2, 0.25) is 0 Å². The SMILES string of the molecule is C#Cc1ccccc1C.CC.CCCN(CC)CCC.CF. The number of benzene rings is 1. The van der Waals surface area contributed by atoms with Crippen molar-refractivity contribution in [3.63, 3.8) is 0 Å². The van der Waals surface area contributed by atoms with Gasteiger partial charge in [-0.05, 0) is 51.0 Å². The molecule has 0 radical (unpaired) electrons. The lowest BCUT2D eigenvalue weighted by atomic mass is 10.1. The van der Waals surface area contributed by atoms with Gasteiger partial charge in [0.1, 0.15) is 0 Å². The minimum atomic E-state index is 0.500. The molecular weight excluding hydrogens is 273 g/mol. The minimum Gasteiger partial charge on any atom is -0.304 e. The van der Waals surface area contributed by atoms with Crippen LogP contribution in [0.15, 0.2) is 24.3 Å². The summed E-state index contributed by atoms with van der Waals surface area (Å²) < 4.78 is 9.50. The van der Waals surface area contributed by atoms with Crippen molar-refractivity contribution < 1.29 is 4.39 Å². The molecule has 0 spiro atoms. The lowest BCUT2D eigenvalue weighted by Gasteiger charge is -2.17. The number of terminal acetylenes is 1. The molecular formula is C20H36FN. The van der Waals surface area contributed by atoms with Gasteiger partial charge in [0, 0.05) is 5.56 Å². The van der Waals surface area contributed by atoms with Crippen LogP contribution in [0.3, 0.4) is 0 Å². The molecule has 0 amide bonds. The van der Waals surface area contributed by atoms with E-state index < -0.39 is 0 Å². The molecule has 22 heavy (non-hydrogen) atoms. The van der Waals surface area contributed by atoms with Crippen molar-refractivity contribution >= 4 is 0 Å². The fourth-order valence-corrected chi connectivity index (χ4v) is 1.80. The van der Waals surface area contributed by atoms with Crippen LogP contribution in [-0.2, 0) is 0 Å². The first kappa shape index (κ1) is 25.6. The lowest BCUT2D eigenvalue weighted by Crippen LogP contribution is -2.24. The van der Waals surface area contributed by atoms with Gasteiger partial charge in [-0.1, -0.05) is 58.7 Å². The standard InChI is InChI=1S/C9H8.C8H19N.C2H6.CH3F/c1-3-9-7-5-4-6-8(9)2;1-4-7-9(6-3)8-5-2;2*1-2/h1,4-7H,2H3;4-8H2,1-3H3;1-2H3;1H3. The number of halogens is 1. The zero-order valence-electron chi connectivity index (χ0n) is 15.7. The Kier molecular flexibility index (Phi) is 25.6. The van der Waals surface area contributed by atoms with Crippen LogP contribution in [0.5, 0.6) is 0 Å². The highest BCUT2D eigenvalue weighted by Gasteiger charge is 1.95. The molecule has 1 aromatic carbocycles. The normalized spacial score (nSPS) is 8.36. The molecule has 0 aromatic heterocycles. The van der Waals surface area contributed by atoms with Crippen molar-refractivity contribution in [1.82, 2.24) is 4.90 Å². The second-order valence-corrected chi connectivity index (χ2v) is 4.39. The number of hydrogen-bond acceptors (Lipinski definition) is 1. The molecule has 1 aromatic rings. The Labute approximate surface area is 138 Å². The Bertz CT molecular complexity index is 349. The maximum atomic E-state index is 9.50. The summed E-state index contributed by atoms with van der Waals surface area (Å²) in [6.45, 7) is 16.5. The summed E-state index contributed by atoms with van der Waals surface area (Å²) in [6.07, 6.45) is 7.77. The Morgan fingerprint density at radius 1 is 1.00 bits per heavy atom. The third-order valence-electron chi connectivity index (χ3n) is 2.83. The molecule has 0 saturated heterocycles. The smallest absolute Gasteiger partial charge is 0.0785 e. The summed E-state index contributed by atoms with van der Waals surface area (Å²) in [5, 5.41) is 0. The molecule has 0 aliphatic heterocycles. The van der Waals surface area contributed by atoms with Crippen LogP contribution in [0.1, 0.15) is 58.6 Å². The third kappa shape index (κ3) is 15.1. The molecule has 0 saturated carbocycles. The third-order valence-corrected chi connectivity index (χ3v) is 2.83. The van der Waals surface area contributed by atoms with Crippen LogP contribution in [-0.4, -0.2) is 31.7 Å². The van der Waals surface area contributed by atoms with E-state index in [2.05, 4.69) is 31.6 Å². The summed E-state index contributed by atoms with van der Waals surface area (Å²) in [6, 6.07) is 7.88. The Morgan fingerprint density at radius 3 is 1.73 bits per heavy atom. The fraction of sp³-hybridized carbons (Fsp3) is 0.600. The number of aryl methyl sites for hydroxylation is 1. The van der Waals surface area contributed by atoms with E-state index in [0.717, 1.165) is 5.56 Å². The van der Waals surface area contributed by atoms with Gasteiger partial charge in [0.15, 0.2) is 0 Å². The number of alkyl halides is 1. The van der Waals surface area contributed by atoms with Gasteiger partial charge in [-0.2, -0.15) is 0 Å². The second kappa shape index (κ2) is 22.0. The zero-order valence-corrected chi connectivity index (χ0v) is 15.7. The molecule has 128 valence electrons. The average Bonchev–Trinajstić information content (AvgIpc) is 2.59. The summed E-state index contributed by atoms with van der Waals surface area (Å²) in [5.41, 5.74) is 2.15. The molecule has 0 N–H and O–H groups in total. The Morgan fingerprint density at radius 2 is 1.45 bits per heavy atom. The molecule has 0 heterocycles. The second-order valence-electron chi connectivity index (χ2n) is 4.39. The molecule has 0 aliphatic carbocycles. The monoisotopic (exact) mass is 309 g/mol. The molecule has 2 heteroatoms. The molecule has 1 nitrogen and oxygen atoms in total. The van der Waals surface area contributed by atoms with Crippen molar-refractivity contribution in [2.75, 3.05) is 26.8 Å². The summed E-state index contributed by atoms with van der Waals surface area (Å²) in [7, 11) is 0.500. The van der Waals surface area contributed by atoms with Crippen molar-refractivity contribution in [3.8, 4) is 12.3 Å². The van der Waals surface area contributed by atoms with E-state index in [9.17, 15) is 4.39 Å². The van der Waals surface area contributed by atoms with Crippen molar-refractivity contribution in [3.05, 3.63) is 35.4 Å². The molecule has 0 aliphatic rings. The van der Waals surface area contributed by atoms with Crippen LogP contribution in [0, 0.1) is 19.3 Å². The van der Waals surface area contributed by atoms with Gasteiger partial charge in [-0.25, -0.2) is 0 Å². The summed E-state index contributed by atoms with van der Waals surface area (Å²) in [5.74, 6) is 2.60. The molecule has 1 rings (SSSR count). The molecule has 0 fully saturated rings. The largest absolute Gasteiger partial charge is 0.304 e. The van der Waals surface area contributed by atoms with Crippen molar-refractivity contribution in [1.29, 1.82) is 0 Å². The predicted octanol–water partition coefficient (Wildman–Crippen LogP) is 5.72. The van der Waals surface area contributed by atoms with Gasteiger partial charge in [0.25, 0.3) is 0 Å². The van der Waals surface area contributed by atoms with Crippen LogP contribution in [0.4, 0.5) is 4.39 Å². The Balaban J connectivity index is -0.000000267. The first-order chi connectivity index (χ1) is 10.7. The highest BCUT2D eigenvalue weighted by molar-refractivity contribution is 5.38. The van der Waals surface area contributed by atoms with E-state index in [4.69, 9.17) is 6.42 Å². The van der Waals surface area contributed by atoms with Crippen LogP contribution >= 0.6 is 0 Å². The van der Waals surface area contributed by atoms with E-state index in [-0.39, 0.29) is 0 Å². The van der Waals surface area contributed by atoms with Crippen LogP contribution in [0.25, 0.3) is 0 Å². The van der Waals surface area contributed by atoms with E-state index in [1.165, 1.54) is 38.0 Å². The van der Waals surface area contributed by atoms with Crippen LogP contribution in [0.2, 0.25) is 0 Å². The molecule has 0 atom stereocenters. The van der Waals surface area contributed by atoms with Crippen LogP contribution < -0.4 is 0 Å². The minimum absolute atomic E-state index is 0.500. The zero-order chi connectivity index (χ0) is 17.8. The maximum Gasteiger partial charge on any atom is 0.0785 e. The summed E-state index contributed by atoms with van der Waals surface area (Å²) in [4.78, 5) is 2.49. The van der Waals surface area contributed by atoms with Gasteiger partial charge in [-0.3, -0.25) is 4.39 Å². The number of nitrogens with zero attached hydrogens (tertiary/aromatic N) is 1. The van der Waals surface area contributed by atoms with Crippen molar-refractivity contribution in [2.45, 2.75) is 54.4 Å². The Hall–Kier alpha value is -1.33. The van der Waals surface area contributed by atoms with E-state index >= 15 is 0 Å². The topological polar surface area (TPSA) is 3.24 Å². The number of hydrogen-bond donors (Lipinski definition) is 0. The lowest BCUT2D eigenvalue weighted by molar-refractivity contribution is 0.289. The van der Waals surface area contributed by atoms with Gasteiger partial charge in [0.05, 0.1) is 7.18 Å². The maximum absolute atomic E-state index is 9.50. The van der Waals surface area contributed by atoms with E-state index in [1.54, 1.807) is 0 Å². The molecule has 0 unspecified atom stereocenters. The van der Waals surface area contributed by atoms with E-state index in [0.29, 0.717) is 7.18 Å². The number of rotatable bonds is 5. The fourth-order valence-electron chi connectivity index (χ4n) is 1.80.